The lowest BCUT2D eigenvalue weighted by Crippen LogP contribution is -2.13. The van der Waals surface area contributed by atoms with Gasteiger partial charge in [-0.15, -0.1) is 0 Å². The molecule has 0 aliphatic carbocycles. The summed E-state index contributed by atoms with van der Waals surface area (Å²) in [5.41, 5.74) is 1.74. The van der Waals surface area contributed by atoms with E-state index in [2.05, 4.69) is 5.32 Å². The highest BCUT2D eigenvalue weighted by atomic mass is 19.1. The Hall–Kier alpha value is -2.67. The quantitative estimate of drug-likeness (QED) is 0.925. The van der Waals surface area contributed by atoms with Crippen molar-refractivity contribution in [2.75, 3.05) is 5.32 Å². The largest absolute Gasteiger partial charge is 0.324 e. The maximum Gasteiger partial charge on any atom is 0.224 e. The third-order valence-corrected chi connectivity index (χ3v) is 2.87. The number of amides is 1. The van der Waals surface area contributed by atoms with Crippen LogP contribution < -0.4 is 5.32 Å². The fraction of sp³-hybridized carbons (Fsp3) is 0.125. The van der Waals surface area contributed by atoms with E-state index in [1.165, 1.54) is 12.1 Å². The molecule has 0 spiro atoms. The first-order chi connectivity index (χ1) is 9.69. The van der Waals surface area contributed by atoms with Crippen LogP contribution in [0.15, 0.2) is 48.5 Å². The molecule has 0 bridgehead atoms. The summed E-state index contributed by atoms with van der Waals surface area (Å²) in [5, 5.41) is 11.2. The van der Waals surface area contributed by atoms with Crippen LogP contribution in [0.3, 0.4) is 0 Å². The number of benzene rings is 2. The van der Waals surface area contributed by atoms with Gasteiger partial charge in [0.15, 0.2) is 0 Å². The molecule has 0 aliphatic rings. The van der Waals surface area contributed by atoms with Crippen LogP contribution in [0.5, 0.6) is 0 Å². The summed E-state index contributed by atoms with van der Waals surface area (Å²) in [4.78, 5) is 11.7. The van der Waals surface area contributed by atoms with Crippen molar-refractivity contribution in [3.05, 3.63) is 65.5 Å². The number of carbonyl (C=O) groups is 1. The molecule has 100 valence electrons. The number of nitrogens with zero attached hydrogens (tertiary/aromatic N) is 1. The average molecular weight is 268 g/mol. The van der Waals surface area contributed by atoms with Crippen molar-refractivity contribution in [3.8, 4) is 6.07 Å². The Bertz CT molecular complexity index is 644. The zero-order valence-corrected chi connectivity index (χ0v) is 10.8. The molecule has 0 heterocycles. The molecule has 0 unspecified atom stereocenters. The Morgan fingerprint density at radius 3 is 2.50 bits per heavy atom. The maximum atomic E-state index is 13.4. The minimum atomic E-state index is -0.445. The minimum Gasteiger partial charge on any atom is -0.324 e. The van der Waals surface area contributed by atoms with Gasteiger partial charge < -0.3 is 5.32 Å². The Kier molecular flexibility index (Phi) is 4.46. The van der Waals surface area contributed by atoms with Crippen molar-refractivity contribution < 1.29 is 9.18 Å². The molecule has 1 N–H and O–H groups in total. The fourth-order valence-electron chi connectivity index (χ4n) is 1.78. The number of rotatable bonds is 4. The van der Waals surface area contributed by atoms with Crippen molar-refractivity contribution in [2.24, 2.45) is 0 Å². The molecular weight excluding hydrogens is 255 g/mol. The van der Waals surface area contributed by atoms with Crippen molar-refractivity contribution in [1.29, 1.82) is 5.26 Å². The topological polar surface area (TPSA) is 52.9 Å². The third-order valence-electron chi connectivity index (χ3n) is 2.87. The highest BCUT2D eigenvalue weighted by Crippen LogP contribution is 2.13. The van der Waals surface area contributed by atoms with Crippen LogP contribution in [0.25, 0.3) is 0 Å². The lowest BCUT2D eigenvalue weighted by Gasteiger charge is -2.06. The van der Waals surface area contributed by atoms with Gasteiger partial charge in [-0.2, -0.15) is 5.26 Å². The predicted molar refractivity (Wildman–Crippen MR) is 74.5 cm³/mol. The van der Waals surface area contributed by atoms with E-state index in [9.17, 15) is 9.18 Å². The summed E-state index contributed by atoms with van der Waals surface area (Å²) in [6.45, 7) is 0. The fourth-order valence-corrected chi connectivity index (χ4v) is 1.78. The first-order valence-electron chi connectivity index (χ1n) is 6.22. The monoisotopic (exact) mass is 268 g/mol. The first-order valence-corrected chi connectivity index (χ1v) is 6.22. The highest BCUT2D eigenvalue weighted by molar-refractivity contribution is 5.90. The average Bonchev–Trinajstić information content (AvgIpc) is 2.48. The number of carbonyl (C=O) groups excluding carboxylic acids is 1. The van der Waals surface area contributed by atoms with E-state index < -0.39 is 5.82 Å². The zero-order valence-electron chi connectivity index (χ0n) is 10.8. The van der Waals surface area contributed by atoms with Gasteiger partial charge in [0.05, 0.1) is 17.3 Å². The van der Waals surface area contributed by atoms with Gasteiger partial charge in [0.25, 0.3) is 0 Å². The van der Waals surface area contributed by atoms with Crippen LogP contribution >= 0.6 is 0 Å². The number of hydrogen-bond donors (Lipinski definition) is 1. The van der Waals surface area contributed by atoms with Crippen molar-refractivity contribution >= 4 is 11.6 Å². The molecule has 0 aliphatic heterocycles. The summed E-state index contributed by atoms with van der Waals surface area (Å²) in [6.07, 6.45) is 0.812. The first kappa shape index (κ1) is 13.8. The van der Waals surface area contributed by atoms with Crippen LogP contribution in [-0.2, 0) is 11.2 Å². The second-order valence-corrected chi connectivity index (χ2v) is 4.34. The summed E-state index contributed by atoms with van der Waals surface area (Å²) < 4.78 is 13.4. The number of halogens is 1. The lowest BCUT2D eigenvalue weighted by molar-refractivity contribution is -0.116. The van der Waals surface area contributed by atoms with Gasteiger partial charge in [-0.3, -0.25) is 4.79 Å². The number of para-hydroxylation sites is 1. The van der Waals surface area contributed by atoms with Crippen LogP contribution in [0, 0.1) is 17.1 Å². The summed E-state index contributed by atoms with van der Waals surface area (Å²) in [5.74, 6) is -0.682. The lowest BCUT2D eigenvalue weighted by atomic mass is 10.1. The van der Waals surface area contributed by atoms with Crippen molar-refractivity contribution in [3.63, 3.8) is 0 Å². The van der Waals surface area contributed by atoms with E-state index in [0.29, 0.717) is 12.0 Å². The Morgan fingerprint density at radius 1 is 1.15 bits per heavy atom. The Labute approximate surface area is 116 Å². The number of anilines is 1. The number of hydrogen-bond acceptors (Lipinski definition) is 2. The van der Waals surface area contributed by atoms with Crippen molar-refractivity contribution in [2.45, 2.75) is 12.8 Å². The molecule has 0 saturated carbocycles. The van der Waals surface area contributed by atoms with Crippen LogP contribution in [-0.4, -0.2) is 5.91 Å². The molecule has 0 radical (unpaired) electrons. The SMILES string of the molecule is N#Cc1ccc(CCC(=O)Nc2ccccc2F)cc1. The minimum absolute atomic E-state index is 0.192. The van der Waals surface area contributed by atoms with Crippen molar-refractivity contribution in [1.82, 2.24) is 0 Å². The molecule has 20 heavy (non-hydrogen) atoms. The summed E-state index contributed by atoms with van der Waals surface area (Å²) in [7, 11) is 0. The number of nitriles is 1. The molecule has 2 rings (SSSR count). The van der Waals surface area contributed by atoms with Gasteiger partial charge in [-0.05, 0) is 36.2 Å². The molecular formula is C16H13FN2O. The van der Waals surface area contributed by atoms with E-state index in [-0.39, 0.29) is 18.0 Å². The molecule has 0 atom stereocenters. The van der Waals surface area contributed by atoms with E-state index in [4.69, 9.17) is 5.26 Å². The van der Waals surface area contributed by atoms with Gasteiger partial charge in [-0.25, -0.2) is 4.39 Å². The maximum absolute atomic E-state index is 13.4. The zero-order chi connectivity index (χ0) is 14.4. The molecule has 3 nitrogen and oxygen atoms in total. The van der Waals surface area contributed by atoms with Gasteiger partial charge in [0.2, 0.25) is 5.91 Å². The van der Waals surface area contributed by atoms with E-state index in [1.807, 2.05) is 18.2 Å². The molecule has 1 amide bonds. The normalized spacial score (nSPS) is 9.80. The van der Waals surface area contributed by atoms with Gasteiger partial charge in [0.1, 0.15) is 5.82 Å². The van der Waals surface area contributed by atoms with E-state index >= 15 is 0 Å². The molecule has 2 aromatic carbocycles. The van der Waals surface area contributed by atoms with Crippen LogP contribution in [0.1, 0.15) is 17.5 Å². The molecule has 0 aromatic heterocycles. The molecule has 2 aromatic rings. The third kappa shape index (κ3) is 3.66. The highest BCUT2D eigenvalue weighted by Gasteiger charge is 2.06. The molecule has 0 fully saturated rings. The Balaban J connectivity index is 1.89. The Morgan fingerprint density at radius 2 is 1.85 bits per heavy atom. The second kappa shape index (κ2) is 6.48. The van der Waals surface area contributed by atoms with Gasteiger partial charge in [-0.1, -0.05) is 24.3 Å². The van der Waals surface area contributed by atoms with Gasteiger partial charge >= 0.3 is 0 Å². The van der Waals surface area contributed by atoms with Gasteiger partial charge in [0, 0.05) is 6.42 Å². The van der Waals surface area contributed by atoms with E-state index in [0.717, 1.165) is 5.56 Å². The summed E-state index contributed by atoms with van der Waals surface area (Å²) in [6, 6.07) is 15.2. The second-order valence-electron chi connectivity index (χ2n) is 4.34. The number of aryl methyl sites for hydroxylation is 1. The predicted octanol–water partition coefficient (Wildman–Crippen LogP) is 3.27. The molecule has 0 saturated heterocycles. The van der Waals surface area contributed by atoms with Crippen LogP contribution in [0.2, 0.25) is 0 Å². The smallest absolute Gasteiger partial charge is 0.224 e. The number of nitrogens with one attached hydrogen (secondary N) is 1. The van der Waals surface area contributed by atoms with Crippen LogP contribution in [0.4, 0.5) is 10.1 Å². The molecule has 4 heteroatoms. The summed E-state index contributed by atoms with van der Waals surface area (Å²) >= 11 is 0. The van der Waals surface area contributed by atoms with E-state index in [1.54, 1.807) is 24.3 Å². The standard InChI is InChI=1S/C16H13FN2O/c17-14-3-1-2-4-15(14)19-16(20)10-9-12-5-7-13(11-18)8-6-12/h1-8H,9-10H2,(H,19,20).